The number of rotatable bonds is 6. The third-order valence-electron chi connectivity index (χ3n) is 3.71. The molecule has 0 atom stereocenters. The highest BCUT2D eigenvalue weighted by atomic mass is 35.5. The summed E-state index contributed by atoms with van der Waals surface area (Å²) in [5.41, 5.74) is 3.76. The lowest BCUT2D eigenvalue weighted by Crippen LogP contribution is -2.25. The van der Waals surface area contributed by atoms with Gasteiger partial charge in [0.05, 0.1) is 22.5 Å². The first kappa shape index (κ1) is 21.3. The number of carbonyl (C=O) groups excluding carboxylic acids is 1. The van der Waals surface area contributed by atoms with Gasteiger partial charge in [-0.3, -0.25) is 14.7 Å². The molecule has 0 aliphatic carbocycles. The molecule has 0 spiro atoms. The van der Waals surface area contributed by atoms with Crippen molar-refractivity contribution in [2.45, 2.75) is 6.92 Å². The van der Waals surface area contributed by atoms with E-state index in [1.807, 2.05) is 30.3 Å². The topological polar surface area (TPSA) is 88.5 Å². The van der Waals surface area contributed by atoms with Crippen molar-refractivity contribution < 1.29 is 9.53 Å². The van der Waals surface area contributed by atoms with E-state index in [9.17, 15) is 9.59 Å². The summed E-state index contributed by atoms with van der Waals surface area (Å²) in [5, 5.41) is 7.23. The Hall–Kier alpha value is -3.03. The number of aromatic amines is 1. The molecule has 0 saturated heterocycles. The maximum Gasteiger partial charge on any atom is 0.280 e. The lowest BCUT2D eigenvalue weighted by molar-refractivity contribution is -0.123. The Labute approximate surface area is 172 Å². The maximum atomic E-state index is 12.5. The van der Waals surface area contributed by atoms with E-state index >= 15 is 0 Å². The van der Waals surface area contributed by atoms with Gasteiger partial charge in [-0.15, -0.1) is 12.4 Å². The SMILES string of the molecule is Cc1[nH]n(-c2ccccc2)c(=O)c1C=NNC(=O)COc1ccccc1Cl.Cl. The second-order valence-corrected chi connectivity index (χ2v) is 6.05. The summed E-state index contributed by atoms with van der Waals surface area (Å²) in [6.07, 6.45) is 1.31. The van der Waals surface area contributed by atoms with Crippen molar-refractivity contribution in [3.8, 4) is 11.4 Å². The van der Waals surface area contributed by atoms with Crippen LogP contribution < -0.4 is 15.7 Å². The van der Waals surface area contributed by atoms with Crippen LogP contribution in [0.2, 0.25) is 5.02 Å². The quantitative estimate of drug-likeness (QED) is 0.474. The van der Waals surface area contributed by atoms with Crippen LogP contribution in [-0.4, -0.2) is 28.5 Å². The number of aromatic nitrogens is 2. The van der Waals surface area contributed by atoms with Gasteiger partial charge in [-0.25, -0.2) is 10.1 Å². The van der Waals surface area contributed by atoms with Crippen molar-refractivity contribution in [3.63, 3.8) is 0 Å². The second kappa shape index (κ2) is 9.77. The highest BCUT2D eigenvalue weighted by Crippen LogP contribution is 2.22. The third-order valence-corrected chi connectivity index (χ3v) is 4.02. The van der Waals surface area contributed by atoms with Crippen LogP contribution in [0, 0.1) is 6.92 Å². The molecule has 2 N–H and O–H groups in total. The second-order valence-electron chi connectivity index (χ2n) is 5.64. The molecule has 28 heavy (non-hydrogen) atoms. The lowest BCUT2D eigenvalue weighted by atomic mass is 10.3. The number of para-hydroxylation sites is 2. The minimum atomic E-state index is -0.470. The van der Waals surface area contributed by atoms with Crippen molar-refractivity contribution in [2.24, 2.45) is 5.10 Å². The molecule has 0 radical (unpaired) electrons. The smallest absolute Gasteiger partial charge is 0.280 e. The van der Waals surface area contributed by atoms with Gasteiger partial charge >= 0.3 is 0 Å². The summed E-state index contributed by atoms with van der Waals surface area (Å²) in [4.78, 5) is 24.3. The van der Waals surface area contributed by atoms with Gasteiger partial charge in [-0.2, -0.15) is 5.10 Å². The zero-order chi connectivity index (χ0) is 19.2. The minimum Gasteiger partial charge on any atom is -0.482 e. The summed E-state index contributed by atoms with van der Waals surface area (Å²) >= 11 is 5.95. The molecule has 1 heterocycles. The molecule has 9 heteroatoms. The molecule has 2 aromatic carbocycles. The standard InChI is InChI=1S/C19H17ClN4O3.ClH/c1-13-15(19(26)24(23-13)14-7-3-2-4-8-14)11-21-22-18(25)12-27-17-10-6-5-9-16(17)20;/h2-11,23H,12H2,1H3,(H,22,25);1H. The highest BCUT2D eigenvalue weighted by molar-refractivity contribution is 6.32. The molecular weight excluding hydrogens is 403 g/mol. The van der Waals surface area contributed by atoms with E-state index in [2.05, 4.69) is 15.6 Å². The van der Waals surface area contributed by atoms with E-state index in [1.54, 1.807) is 31.2 Å². The molecule has 0 aliphatic rings. The van der Waals surface area contributed by atoms with Crippen LogP contribution >= 0.6 is 24.0 Å². The van der Waals surface area contributed by atoms with E-state index in [0.717, 1.165) is 0 Å². The first-order valence-corrected chi connectivity index (χ1v) is 8.50. The fraction of sp³-hybridized carbons (Fsp3) is 0.105. The summed E-state index contributed by atoms with van der Waals surface area (Å²) in [6.45, 7) is 1.51. The van der Waals surface area contributed by atoms with Crippen molar-refractivity contribution in [1.82, 2.24) is 15.2 Å². The van der Waals surface area contributed by atoms with Crippen LogP contribution in [-0.2, 0) is 4.79 Å². The normalized spacial score (nSPS) is 10.5. The Morgan fingerprint density at radius 3 is 2.61 bits per heavy atom. The largest absolute Gasteiger partial charge is 0.482 e. The van der Waals surface area contributed by atoms with Gasteiger partial charge in [0.1, 0.15) is 5.75 Å². The fourth-order valence-electron chi connectivity index (χ4n) is 2.38. The predicted molar refractivity (Wildman–Crippen MR) is 111 cm³/mol. The number of ether oxygens (including phenoxy) is 1. The van der Waals surface area contributed by atoms with Crippen LogP contribution in [0.4, 0.5) is 0 Å². The van der Waals surface area contributed by atoms with Crippen LogP contribution in [0.5, 0.6) is 5.75 Å². The average molecular weight is 421 g/mol. The Kier molecular flexibility index (Phi) is 7.43. The number of halogens is 2. The van der Waals surface area contributed by atoms with Crippen molar-refractivity contribution in [2.75, 3.05) is 6.61 Å². The monoisotopic (exact) mass is 420 g/mol. The van der Waals surface area contributed by atoms with Crippen molar-refractivity contribution >= 4 is 36.1 Å². The van der Waals surface area contributed by atoms with Crippen molar-refractivity contribution in [1.29, 1.82) is 0 Å². The number of nitrogens with one attached hydrogen (secondary N) is 2. The van der Waals surface area contributed by atoms with Gasteiger partial charge < -0.3 is 4.74 Å². The van der Waals surface area contributed by atoms with Crippen LogP contribution in [0.25, 0.3) is 5.69 Å². The molecule has 0 unspecified atom stereocenters. The Morgan fingerprint density at radius 2 is 1.89 bits per heavy atom. The summed E-state index contributed by atoms with van der Waals surface area (Å²) in [6, 6.07) is 16.0. The molecule has 0 bridgehead atoms. The van der Waals surface area contributed by atoms with Gasteiger partial charge in [0.2, 0.25) is 0 Å². The highest BCUT2D eigenvalue weighted by Gasteiger charge is 2.10. The molecule has 3 rings (SSSR count). The minimum absolute atomic E-state index is 0. The molecule has 1 aromatic heterocycles. The summed E-state index contributed by atoms with van der Waals surface area (Å²) in [7, 11) is 0. The third kappa shape index (κ3) is 5.03. The summed E-state index contributed by atoms with van der Waals surface area (Å²) < 4.78 is 6.74. The Morgan fingerprint density at radius 1 is 1.21 bits per heavy atom. The lowest BCUT2D eigenvalue weighted by Gasteiger charge is -2.06. The van der Waals surface area contributed by atoms with Gasteiger partial charge in [-0.05, 0) is 31.2 Å². The van der Waals surface area contributed by atoms with E-state index < -0.39 is 5.91 Å². The molecule has 146 valence electrons. The number of hydrogen-bond donors (Lipinski definition) is 2. The van der Waals surface area contributed by atoms with Crippen LogP contribution in [0.15, 0.2) is 64.5 Å². The molecule has 0 fully saturated rings. The van der Waals surface area contributed by atoms with E-state index in [1.165, 1.54) is 10.9 Å². The number of aryl methyl sites for hydroxylation is 1. The first-order valence-electron chi connectivity index (χ1n) is 8.12. The number of benzene rings is 2. The average Bonchev–Trinajstić information content (AvgIpc) is 2.96. The van der Waals surface area contributed by atoms with E-state index in [0.29, 0.717) is 27.7 Å². The fourth-order valence-corrected chi connectivity index (χ4v) is 2.57. The molecule has 0 saturated carbocycles. The number of nitrogens with zero attached hydrogens (tertiary/aromatic N) is 2. The van der Waals surface area contributed by atoms with Crippen LogP contribution in [0.1, 0.15) is 11.3 Å². The van der Waals surface area contributed by atoms with E-state index in [4.69, 9.17) is 16.3 Å². The molecular formula is C19H18Cl2N4O3. The molecule has 0 aliphatic heterocycles. The number of hydrazone groups is 1. The molecule has 7 nitrogen and oxygen atoms in total. The van der Waals surface area contributed by atoms with Gasteiger partial charge in [0.15, 0.2) is 6.61 Å². The zero-order valence-corrected chi connectivity index (χ0v) is 16.5. The number of H-pyrrole nitrogens is 1. The summed E-state index contributed by atoms with van der Waals surface area (Å²) in [5.74, 6) is -0.0618. The Balaban J connectivity index is 0.00000280. The van der Waals surface area contributed by atoms with Gasteiger partial charge in [-0.1, -0.05) is 41.9 Å². The number of hydrogen-bond acceptors (Lipinski definition) is 4. The Bertz CT molecular complexity index is 1030. The predicted octanol–water partition coefficient (Wildman–Crippen LogP) is 3.08. The number of amides is 1. The number of carbonyl (C=O) groups is 1. The molecule has 3 aromatic rings. The maximum absolute atomic E-state index is 12.5. The van der Waals surface area contributed by atoms with Crippen molar-refractivity contribution in [3.05, 3.63) is 81.2 Å². The van der Waals surface area contributed by atoms with Crippen LogP contribution in [0.3, 0.4) is 0 Å². The van der Waals surface area contributed by atoms with Gasteiger partial charge in [0.25, 0.3) is 11.5 Å². The first-order chi connectivity index (χ1) is 13.1. The zero-order valence-electron chi connectivity index (χ0n) is 14.9. The van der Waals surface area contributed by atoms with E-state index in [-0.39, 0.29) is 24.6 Å². The van der Waals surface area contributed by atoms with Gasteiger partial charge in [0, 0.05) is 5.69 Å². The molecule has 1 amide bonds.